The zero-order valence-electron chi connectivity index (χ0n) is 5.92. The van der Waals surface area contributed by atoms with Gasteiger partial charge in [-0.15, -0.1) is 11.3 Å². The van der Waals surface area contributed by atoms with Gasteiger partial charge < -0.3 is 5.11 Å². The Kier molecular flexibility index (Phi) is 3.36. The maximum atomic E-state index is 9.36. The Hall–Kier alpha value is -0.270. The average molecular weight is 222 g/mol. The molecule has 0 aliphatic carbocycles. The van der Waals surface area contributed by atoms with Crippen LogP contribution in [0.2, 0.25) is 8.67 Å². The number of hydrogen-bond acceptors (Lipinski definition) is 3. The maximum absolute atomic E-state index is 9.36. The standard InChI is InChI=1S/C7H5Cl2NOS/c8-6-3-4(7(9)12-6)5(11)1-2-10/h3,5,11H,1H2. The number of aliphatic hydroxyl groups is 1. The van der Waals surface area contributed by atoms with Crippen molar-refractivity contribution in [3.8, 4) is 6.07 Å². The first kappa shape index (κ1) is 9.82. The van der Waals surface area contributed by atoms with Gasteiger partial charge in [-0.25, -0.2) is 0 Å². The molecule has 0 aromatic carbocycles. The van der Waals surface area contributed by atoms with Crippen LogP contribution < -0.4 is 0 Å². The van der Waals surface area contributed by atoms with Gasteiger partial charge in [-0.1, -0.05) is 23.2 Å². The topological polar surface area (TPSA) is 44.0 Å². The summed E-state index contributed by atoms with van der Waals surface area (Å²) < 4.78 is 0.967. The van der Waals surface area contributed by atoms with Crippen molar-refractivity contribution in [1.29, 1.82) is 5.26 Å². The SMILES string of the molecule is N#CCC(O)c1cc(Cl)sc1Cl. The van der Waals surface area contributed by atoms with E-state index in [0.717, 1.165) is 0 Å². The molecule has 12 heavy (non-hydrogen) atoms. The monoisotopic (exact) mass is 221 g/mol. The number of halogens is 2. The summed E-state index contributed by atoms with van der Waals surface area (Å²) in [5.41, 5.74) is 0.535. The van der Waals surface area contributed by atoms with Crippen LogP contribution in [0.25, 0.3) is 0 Å². The highest BCUT2D eigenvalue weighted by atomic mass is 35.5. The van der Waals surface area contributed by atoms with Crippen LogP contribution in [0.3, 0.4) is 0 Å². The molecule has 1 heterocycles. The number of aliphatic hydroxyl groups excluding tert-OH is 1. The van der Waals surface area contributed by atoms with Gasteiger partial charge in [0.15, 0.2) is 0 Å². The van der Waals surface area contributed by atoms with Gasteiger partial charge in [0.2, 0.25) is 0 Å². The molecule has 2 nitrogen and oxygen atoms in total. The van der Waals surface area contributed by atoms with Crippen molar-refractivity contribution < 1.29 is 5.11 Å². The summed E-state index contributed by atoms with van der Waals surface area (Å²) in [6.07, 6.45) is -0.793. The van der Waals surface area contributed by atoms with Gasteiger partial charge in [0.05, 0.1) is 22.9 Å². The second kappa shape index (κ2) is 4.11. The van der Waals surface area contributed by atoms with Gasteiger partial charge in [0.25, 0.3) is 0 Å². The summed E-state index contributed by atoms with van der Waals surface area (Å²) in [5, 5.41) is 17.7. The Morgan fingerprint density at radius 1 is 1.67 bits per heavy atom. The number of nitriles is 1. The van der Waals surface area contributed by atoms with Gasteiger partial charge in [0.1, 0.15) is 4.34 Å². The largest absolute Gasteiger partial charge is 0.387 e. The van der Waals surface area contributed by atoms with Gasteiger partial charge in [-0.3, -0.25) is 0 Å². The first-order valence-electron chi connectivity index (χ1n) is 3.15. The Bertz CT molecular complexity index is 318. The van der Waals surface area contributed by atoms with Crippen molar-refractivity contribution in [2.45, 2.75) is 12.5 Å². The van der Waals surface area contributed by atoms with Crippen LogP contribution in [0.5, 0.6) is 0 Å². The molecule has 5 heteroatoms. The minimum Gasteiger partial charge on any atom is -0.387 e. The quantitative estimate of drug-likeness (QED) is 0.835. The van der Waals surface area contributed by atoms with E-state index < -0.39 is 6.10 Å². The summed E-state index contributed by atoms with van der Waals surface area (Å²) in [4.78, 5) is 0. The number of hydrogen-bond donors (Lipinski definition) is 1. The summed E-state index contributed by atoms with van der Waals surface area (Å²) in [6.45, 7) is 0. The Labute approximate surface area is 84.0 Å². The summed E-state index contributed by atoms with van der Waals surface area (Å²) in [5.74, 6) is 0. The smallest absolute Gasteiger partial charge is 0.100 e. The molecule has 0 spiro atoms. The van der Waals surface area contributed by atoms with Crippen LogP contribution in [0.15, 0.2) is 6.07 Å². The van der Waals surface area contributed by atoms with Crippen LogP contribution in [0.4, 0.5) is 0 Å². The third kappa shape index (κ3) is 2.11. The van der Waals surface area contributed by atoms with E-state index in [1.807, 2.05) is 6.07 Å². The van der Waals surface area contributed by atoms with E-state index in [4.69, 9.17) is 28.5 Å². The van der Waals surface area contributed by atoms with Crippen molar-refractivity contribution in [3.05, 3.63) is 20.3 Å². The van der Waals surface area contributed by atoms with Crippen LogP contribution >= 0.6 is 34.5 Å². The fraction of sp³-hybridized carbons (Fsp3) is 0.286. The molecule has 1 N–H and O–H groups in total. The summed E-state index contributed by atoms with van der Waals surface area (Å²) in [6, 6.07) is 3.44. The molecular formula is C7H5Cl2NOS. The van der Waals surface area contributed by atoms with Crippen molar-refractivity contribution in [2.24, 2.45) is 0 Å². The Balaban J connectivity index is 2.88. The fourth-order valence-electron chi connectivity index (χ4n) is 0.777. The molecule has 0 bridgehead atoms. The molecule has 1 unspecified atom stereocenters. The minimum absolute atomic E-state index is 0.0345. The van der Waals surface area contributed by atoms with Gasteiger partial charge in [0, 0.05) is 5.56 Å². The number of thiophene rings is 1. The van der Waals surface area contributed by atoms with Crippen molar-refractivity contribution in [1.82, 2.24) is 0 Å². The zero-order chi connectivity index (χ0) is 9.14. The highest BCUT2D eigenvalue weighted by molar-refractivity contribution is 7.20. The van der Waals surface area contributed by atoms with E-state index in [-0.39, 0.29) is 6.42 Å². The van der Waals surface area contributed by atoms with E-state index in [1.165, 1.54) is 11.3 Å². The molecule has 1 aromatic rings. The van der Waals surface area contributed by atoms with Crippen LogP contribution in [-0.2, 0) is 0 Å². The highest BCUT2D eigenvalue weighted by Crippen LogP contribution is 2.35. The third-order valence-electron chi connectivity index (χ3n) is 1.33. The molecule has 0 amide bonds. The molecule has 0 fully saturated rings. The molecule has 0 saturated heterocycles. The molecule has 0 aliphatic rings. The number of rotatable bonds is 2. The Morgan fingerprint density at radius 2 is 2.33 bits per heavy atom. The van der Waals surface area contributed by atoms with E-state index in [0.29, 0.717) is 14.2 Å². The maximum Gasteiger partial charge on any atom is 0.100 e. The van der Waals surface area contributed by atoms with E-state index in [1.54, 1.807) is 6.07 Å². The van der Waals surface area contributed by atoms with Crippen molar-refractivity contribution >= 4 is 34.5 Å². The zero-order valence-corrected chi connectivity index (χ0v) is 8.25. The van der Waals surface area contributed by atoms with E-state index in [9.17, 15) is 5.11 Å². The lowest BCUT2D eigenvalue weighted by atomic mass is 10.1. The Morgan fingerprint density at radius 3 is 2.75 bits per heavy atom. The first-order chi connectivity index (χ1) is 5.65. The van der Waals surface area contributed by atoms with E-state index >= 15 is 0 Å². The molecular weight excluding hydrogens is 217 g/mol. The molecule has 0 saturated carbocycles. The lowest BCUT2D eigenvalue weighted by Crippen LogP contribution is -1.93. The normalized spacial score (nSPS) is 12.5. The van der Waals surface area contributed by atoms with Crippen molar-refractivity contribution in [2.75, 3.05) is 0 Å². The minimum atomic E-state index is -0.828. The fourth-order valence-corrected chi connectivity index (χ4v) is 2.34. The molecule has 0 aliphatic heterocycles. The number of nitrogens with zero attached hydrogens (tertiary/aromatic N) is 1. The lowest BCUT2D eigenvalue weighted by molar-refractivity contribution is 0.184. The summed E-state index contributed by atoms with van der Waals surface area (Å²) >= 11 is 12.6. The second-order valence-corrected chi connectivity index (χ2v) is 4.44. The predicted octanol–water partition coefficient (Wildman–Crippen LogP) is 3.00. The van der Waals surface area contributed by atoms with Gasteiger partial charge >= 0.3 is 0 Å². The third-order valence-corrected chi connectivity index (χ3v) is 2.84. The lowest BCUT2D eigenvalue weighted by Gasteiger charge is -2.02. The molecule has 1 aromatic heterocycles. The van der Waals surface area contributed by atoms with E-state index in [2.05, 4.69) is 0 Å². The van der Waals surface area contributed by atoms with Crippen molar-refractivity contribution in [3.63, 3.8) is 0 Å². The molecule has 1 atom stereocenters. The molecule has 64 valence electrons. The van der Waals surface area contributed by atoms with Crippen LogP contribution in [0, 0.1) is 11.3 Å². The second-order valence-electron chi connectivity index (χ2n) is 2.16. The predicted molar refractivity (Wildman–Crippen MR) is 49.5 cm³/mol. The van der Waals surface area contributed by atoms with Gasteiger partial charge in [-0.2, -0.15) is 5.26 Å². The van der Waals surface area contributed by atoms with Crippen LogP contribution in [0.1, 0.15) is 18.1 Å². The molecule has 1 rings (SSSR count). The average Bonchev–Trinajstić information content (AvgIpc) is 2.30. The highest BCUT2D eigenvalue weighted by Gasteiger charge is 2.14. The summed E-state index contributed by atoms with van der Waals surface area (Å²) in [7, 11) is 0. The first-order valence-corrected chi connectivity index (χ1v) is 4.72. The van der Waals surface area contributed by atoms with Crippen LogP contribution in [-0.4, -0.2) is 5.11 Å². The van der Waals surface area contributed by atoms with Gasteiger partial charge in [-0.05, 0) is 6.07 Å². The molecule has 0 radical (unpaired) electrons.